The third kappa shape index (κ3) is 5.66. The lowest BCUT2D eigenvalue weighted by molar-refractivity contribution is -0.137. The molecule has 8 nitrogen and oxygen atoms in total. The van der Waals surface area contributed by atoms with E-state index in [0.717, 1.165) is 11.3 Å². The van der Waals surface area contributed by atoms with Gasteiger partial charge in [-0.2, -0.15) is 0 Å². The van der Waals surface area contributed by atoms with Gasteiger partial charge in [-0.05, 0) is 37.5 Å². The molecule has 0 unspecified atom stereocenters. The van der Waals surface area contributed by atoms with Crippen LogP contribution in [0.3, 0.4) is 0 Å². The van der Waals surface area contributed by atoms with Crippen LogP contribution in [0.4, 0.5) is 0 Å². The van der Waals surface area contributed by atoms with Crippen molar-refractivity contribution in [3.05, 3.63) is 29.8 Å². The topological polar surface area (TPSA) is 128 Å². The Morgan fingerprint density at radius 2 is 1.70 bits per heavy atom. The van der Waals surface area contributed by atoms with E-state index in [1.165, 1.54) is 6.92 Å². The second-order valence-corrected chi connectivity index (χ2v) is 8.36. The Kier molecular flexibility index (Phi) is 7.72. The second kappa shape index (κ2) is 9.84. The molecule has 0 saturated carbocycles. The first kappa shape index (κ1) is 23.5. The van der Waals surface area contributed by atoms with Crippen LogP contribution in [0.5, 0.6) is 5.75 Å². The maximum Gasteiger partial charge on any atom is 0.238 e. The van der Waals surface area contributed by atoms with E-state index in [9.17, 15) is 19.2 Å². The summed E-state index contributed by atoms with van der Waals surface area (Å²) in [6.07, 6.45) is 0.0347. The van der Waals surface area contributed by atoms with E-state index in [0.29, 0.717) is 0 Å². The van der Waals surface area contributed by atoms with Crippen LogP contribution in [0.25, 0.3) is 0 Å². The minimum Gasteiger partial charge on any atom is -0.491 e. The molecule has 30 heavy (non-hydrogen) atoms. The highest BCUT2D eigenvalue weighted by Crippen LogP contribution is 2.24. The van der Waals surface area contributed by atoms with E-state index in [1.807, 2.05) is 13.8 Å². The number of ketones is 1. The molecule has 3 amide bonds. The second-order valence-electron chi connectivity index (χ2n) is 8.36. The summed E-state index contributed by atoms with van der Waals surface area (Å²) in [4.78, 5) is 49.2. The van der Waals surface area contributed by atoms with Gasteiger partial charge < -0.3 is 15.8 Å². The van der Waals surface area contributed by atoms with Gasteiger partial charge in [0.05, 0.1) is 18.1 Å². The lowest BCUT2D eigenvalue weighted by Gasteiger charge is -2.25. The van der Waals surface area contributed by atoms with Crippen LogP contribution in [0.2, 0.25) is 0 Å². The van der Waals surface area contributed by atoms with Crippen molar-refractivity contribution in [1.29, 1.82) is 0 Å². The number of nitrogens with one attached hydrogen (secondary N) is 2. The molecule has 1 fully saturated rings. The SMILES string of the molecule is CC(C)Oc1ccc([C@@H](N)CC(=O)N[C@H](C(=O)[C@@H]2C(=O)NC(=O)[C@H]2C)C(C)C)cc1. The van der Waals surface area contributed by atoms with Gasteiger partial charge in [-0.3, -0.25) is 24.5 Å². The molecule has 1 heterocycles. The molecule has 1 aliphatic heterocycles. The summed E-state index contributed by atoms with van der Waals surface area (Å²) in [5.41, 5.74) is 6.93. The zero-order valence-electron chi connectivity index (χ0n) is 18.1. The van der Waals surface area contributed by atoms with Crippen molar-refractivity contribution in [2.75, 3.05) is 0 Å². The number of hydrogen-bond donors (Lipinski definition) is 3. The Bertz CT molecular complexity index is 803. The molecule has 164 valence electrons. The molecule has 1 aliphatic rings. The highest BCUT2D eigenvalue weighted by atomic mass is 16.5. The Hall–Kier alpha value is -2.74. The van der Waals surface area contributed by atoms with Crippen LogP contribution in [0.15, 0.2) is 24.3 Å². The molecule has 2 rings (SSSR count). The van der Waals surface area contributed by atoms with E-state index >= 15 is 0 Å². The Balaban J connectivity index is 2.02. The number of imide groups is 1. The lowest BCUT2D eigenvalue weighted by atomic mass is 9.85. The van der Waals surface area contributed by atoms with Crippen molar-refractivity contribution >= 4 is 23.5 Å². The maximum atomic E-state index is 12.9. The number of ether oxygens (including phenoxy) is 1. The minimum atomic E-state index is -1.09. The van der Waals surface area contributed by atoms with E-state index in [-0.39, 0.29) is 18.4 Å². The van der Waals surface area contributed by atoms with E-state index < -0.39 is 47.4 Å². The molecule has 0 aromatic heterocycles. The number of carbonyl (C=O) groups excluding carboxylic acids is 4. The molecule has 0 radical (unpaired) electrons. The van der Waals surface area contributed by atoms with Gasteiger partial charge in [0.15, 0.2) is 5.78 Å². The van der Waals surface area contributed by atoms with Gasteiger partial charge in [0.1, 0.15) is 11.7 Å². The first-order valence-corrected chi connectivity index (χ1v) is 10.2. The predicted octanol–water partition coefficient (Wildman–Crippen LogP) is 1.48. The molecule has 1 saturated heterocycles. The van der Waals surface area contributed by atoms with Gasteiger partial charge in [0.25, 0.3) is 0 Å². The van der Waals surface area contributed by atoms with E-state index in [4.69, 9.17) is 10.5 Å². The summed E-state index contributed by atoms with van der Waals surface area (Å²) in [7, 11) is 0. The summed E-state index contributed by atoms with van der Waals surface area (Å²) in [5, 5.41) is 4.88. The fourth-order valence-corrected chi connectivity index (χ4v) is 3.44. The van der Waals surface area contributed by atoms with Crippen LogP contribution in [-0.2, 0) is 19.2 Å². The predicted molar refractivity (Wildman–Crippen MR) is 111 cm³/mol. The molecular weight excluding hydrogens is 386 g/mol. The number of Topliss-reactive ketones (excluding diaryl/α,β-unsaturated/α-hetero) is 1. The fraction of sp³-hybridized carbons (Fsp3) is 0.545. The Morgan fingerprint density at radius 1 is 1.10 bits per heavy atom. The first-order chi connectivity index (χ1) is 14.0. The summed E-state index contributed by atoms with van der Waals surface area (Å²) >= 11 is 0. The zero-order chi connectivity index (χ0) is 22.6. The summed E-state index contributed by atoms with van der Waals surface area (Å²) in [5.74, 6) is -3.32. The Morgan fingerprint density at radius 3 is 2.17 bits per heavy atom. The smallest absolute Gasteiger partial charge is 0.238 e. The van der Waals surface area contributed by atoms with Crippen molar-refractivity contribution in [3.8, 4) is 5.75 Å². The van der Waals surface area contributed by atoms with Gasteiger partial charge >= 0.3 is 0 Å². The van der Waals surface area contributed by atoms with Crippen molar-refractivity contribution < 1.29 is 23.9 Å². The average Bonchev–Trinajstić information content (AvgIpc) is 2.90. The first-order valence-electron chi connectivity index (χ1n) is 10.2. The van der Waals surface area contributed by atoms with Crippen LogP contribution in [-0.4, -0.2) is 35.7 Å². The average molecular weight is 418 g/mol. The molecule has 4 atom stereocenters. The van der Waals surface area contributed by atoms with E-state index in [1.54, 1.807) is 38.1 Å². The van der Waals surface area contributed by atoms with Crippen LogP contribution >= 0.6 is 0 Å². The van der Waals surface area contributed by atoms with Crippen LogP contribution < -0.4 is 21.1 Å². The van der Waals surface area contributed by atoms with Crippen molar-refractivity contribution in [2.24, 2.45) is 23.5 Å². The number of carbonyl (C=O) groups is 4. The monoisotopic (exact) mass is 417 g/mol. The van der Waals surface area contributed by atoms with E-state index in [2.05, 4.69) is 10.6 Å². The largest absolute Gasteiger partial charge is 0.491 e. The molecule has 0 spiro atoms. The maximum absolute atomic E-state index is 12.9. The highest BCUT2D eigenvalue weighted by molar-refractivity contribution is 6.16. The molecule has 8 heteroatoms. The Labute approximate surface area is 176 Å². The zero-order valence-corrected chi connectivity index (χ0v) is 18.1. The van der Waals surface area contributed by atoms with Gasteiger partial charge in [-0.25, -0.2) is 0 Å². The number of rotatable bonds is 9. The normalized spacial score (nSPS) is 20.8. The number of benzene rings is 1. The molecule has 0 bridgehead atoms. The molecule has 1 aromatic carbocycles. The number of nitrogens with two attached hydrogens (primary N) is 1. The quantitative estimate of drug-likeness (QED) is 0.412. The van der Waals surface area contributed by atoms with Crippen molar-refractivity contribution in [3.63, 3.8) is 0 Å². The molecule has 0 aliphatic carbocycles. The summed E-state index contributed by atoms with van der Waals surface area (Å²) in [6, 6.07) is 5.76. The molecule has 1 aromatic rings. The number of amides is 3. The van der Waals surface area contributed by atoms with Gasteiger partial charge in [-0.15, -0.1) is 0 Å². The van der Waals surface area contributed by atoms with Crippen molar-refractivity contribution in [2.45, 2.75) is 59.2 Å². The lowest BCUT2D eigenvalue weighted by Crippen LogP contribution is -2.49. The molecule has 4 N–H and O–H groups in total. The molecular formula is C22H31N3O5. The van der Waals surface area contributed by atoms with Gasteiger partial charge in [-0.1, -0.05) is 32.9 Å². The fourth-order valence-electron chi connectivity index (χ4n) is 3.44. The van der Waals surface area contributed by atoms with Crippen molar-refractivity contribution in [1.82, 2.24) is 10.6 Å². The van der Waals surface area contributed by atoms with Crippen LogP contribution in [0, 0.1) is 17.8 Å². The highest BCUT2D eigenvalue weighted by Gasteiger charge is 2.46. The van der Waals surface area contributed by atoms with Crippen LogP contribution in [0.1, 0.15) is 52.6 Å². The minimum absolute atomic E-state index is 0.0216. The number of hydrogen-bond acceptors (Lipinski definition) is 6. The third-order valence-corrected chi connectivity index (χ3v) is 5.12. The summed E-state index contributed by atoms with van der Waals surface area (Å²) < 4.78 is 5.59. The van der Waals surface area contributed by atoms with Gasteiger partial charge in [0, 0.05) is 12.5 Å². The van der Waals surface area contributed by atoms with Gasteiger partial charge in [0.2, 0.25) is 17.7 Å². The standard InChI is InChI=1S/C22H31N3O5/c1-11(2)19(20(27)18-13(5)21(28)25-22(18)29)24-17(26)10-16(23)14-6-8-15(9-7-14)30-12(3)4/h6-9,11-13,16,18-19H,10,23H2,1-5H3,(H,24,26)(H,25,28,29)/t13-,16-,18+,19-/m0/s1. The summed E-state index contributed by atoms with van der Waals surface area (Å²) in [6.45, 7) is 8.94. The third-order valence-electron chi connectivity index (χ3n) is 5.12.